The fourth-order valence-corrected chi connectivity index (χ4v) is 3.21. The van der Waals surface area contributed by atoms with Crippen molar-refractivity contribution in [3.63, 3.8) is 0 Å². The van der Waals surface area contributed by atoms with Crippen LogP contribution in [0.5, 0.6) is 5.75 Å². The van der Waals surface area contributed by atoms with Gasteiger partial charge in [-0.2, -0.15) is 0 Å². The van der Waals surface area contributed by atoms with Crippen molar-refractivity contribution in [1.82, 2.24) is 16.0 Å². The third-order valence-corrected chi connectivity index (χ3v) is 5.34. The van der Waals surface area contributed by atoms with Crippen LogP contribution >= 0.6 is 0 Å². The molecule has 0 aliphatic rings. The number of primary amides is 1. The van der Waals surface area contributed by atoms with Gasteiger partial charge in [0, 0.05) is 12.8 Å². The molecule has 13 heteroatoms. The lowest BCUT2D eigenvalue weighted by atomic mass is 10.00. The normalized spacial score (nSPS) is 15.2. The highest BCUT2D eigenvalue weighted by molar-refractivity contribution is 5.94. The van der Waals surface area contributed by atoms with Gasteiger partial charge in [-0.05, 0) is 37.0 Å². The lowest BCUT2D eigenvalue weighted by molar-refractivity contribution is -0.145. The molecular formula is C23H35N5O8. The average Bonchev–Trinajstić information content (AvgIpc) is 2.79. The minimum atomic E-state index is -1.62. The highest BCUT2D eigenvalue weighted by Gasteiger charge is 2.33. The van der Waals surface area contributed by atoms with Crippen LogP contribution in [-0.4, -0.2) is 75.2 Å². The number of hydrogen-bond donors (Lipinski definition) is 8. The highest BCUT2D eigenvalue weighted by atomic mass is 16.4. The summed E-state index contributed by atoms with van der Waals surface area (Å²) in [6.07, 6.45) is -1.63. The van der Waals surface area contributed by atoms with Gasteiger partial charge in [0.15, 0.2) is 6.04 Å². The molecule has 200 valence electrons. The van der Waals surface area contributed by atoms with Gasteiger partial charge in [0.1, 0.15) is 17.8 Å². The average molecular weight is 510 g/mol. The second kappa shape index (κ2) is 14.0. The number of hydrogen-bond acceptors (Lipinski definition) is 8. The maximum absolute atomic E-state index is 13.1. The Bertz CT molecular complexity index is 935. The number of aliphatic hydroxyl groups excluding tert-OH is 1. The quantitative estimate of drug-likeness (QED) is 0.140. The van der Waals surface area contributed by atoms with E-state index in [9.17, 15) is 39.3 Å². The molecule has 1 aromatic rings. The van der Waals surface area contributed by atoms with E-state index < -0.39 is 65.8 Å². The van der Waals surface area contributed by atoms with Gasteiger partial charge >= 0.3 is 5.97 Å². The minimum absolute atomic E-state index is 0.0147. The fraction of sp³-hybridized carbons (Fsp3) is 0.522. The lowest BCUT2D eigenvalue weighted by Gasteiger charge is -2.27. The number of carboxylic acid groups (broad SMARTS) is 1. The first-order valence-electron chi connectivity index (χ1n) is 11.4. The minimum Gasteiger partial charge on any atom is -0.508 e. The van der Waals surface area contributed by atoms with Crippen LogP contribution in [0, 0.1) is 5.92 Å². The lowest BCUT2D eigenvalue weighted by Crippen LogP contribution is -2.59. The topological polar surface area (TPSA) is 234 Å². The Labute approximate surface area is 208 Å². The molecule has 0 saturated carbocycles. The number of aliphatic hydroxyl groups is 1. The Kier molecular flexibility index (Phi) is 11.8. The van der Waals surface area contributed by atoms with Crippen LogP contribution in [0.15, 0.2) is 24.3 Å². The molecule has 5 atom stereocenters. The van der Waals surface area contributed by atoms with Crippen molar-refractivity contribution in [2.45, 2.75) is 70.3 Å². The Morgan fingerprint density at radius 1 is 0.889 bits per heavy atom. The summed E-state index contributed by atoms with van der Waals surface area (Å²) in [7, 11) is 0. The second-order valence-corrected chi connectivity index (χ2v) is 8.84. The first-order chi connectivity index (χ1) is 16.7. The molecule has 10 N–H and O–H groups in total. The van der Waals surface area contributed by atoms with Gasteiger partial charge in [-0.3, -0.25) is 19.2 Å². The Balaban J connectivity index is 3.10. The summed E-state index contributed by atoms with van der Waals surface area (Å²) in [5.74, 6) is -4.84. The SMILES string of the molecule is CC(C)C(NC(=O)C(N)CCC(N)=O)C(=O)NC(Cc1ccc(O)cc1)C(=O)NC(C(=O)O)C(C)O. The second-order valence-electron chi connectivity index (χ2n) is 8.84. The van der Waals surface area contributed by atoms with E-state index in [2.05, 4.69) is 16.0 Å². The molecule has 0 aliphatic heterocycles. The van der Waals surface area contributed by atoms with Crippen molar-refractivity contribution in [2.24, 2.45) is 17.4 Å². The third-order valence-electron chi connectivity index (χ3n) is 5.34. The van der Waals surface area contributed by atoms with Crippen LogP contribution in [0.2, 0.25) is 0 Å². The maximum atomic E-state index is 13.1. The zero-order valence-electron chi connectivity index (χ0n) is 20.4. The van der Waals surface area contributed by atoms with E-state index in [1.807, 2.05) is 0 Å². The number of carbonyl (C=O) groups is 5. The molecule has 0 bridgehead atoms. The summed E-state index contributed by atoms with van der Waals surface area (Å²) in [5.41, 5.74) is 11.4. The van der Waals surface area contributed by atoms with Crippen molar-refractivity contribution in [1.29, 1.82) is 0 Å². The van der Waals surface area contributed by atoms with E-state index in [4.69, 9.17) is 11.5 Å². The van der Waals surface area contributed by atoms with Gasteiger partial charge in [0.05, 0.1) is 12.1 Å². The molecule has 1 aromatic carbocycles. The van der Waals surface area contributed by atoms with Crippen molar-refractivity contribution in [3.8, 4) is 5.75 Å². The molecule has 0 saturated heterocycles. The molecule has 13 nitrogen and oxygen atoms in total. The van der Waals surface area contributed by atoms with E-state index in [1.165, 1.54) is 31.2 Å². The van der Waals surface area contributed by atoms with E-state index in [0.29, 0.717) is 5.56 Å². The molecule has 0 fully saturated rings. The predicted molar refractivity (Wildman–Crippen MR) is 128 cm³/mol. The molecular weight excluding hydrogens is 474 g/mol. The molecule has 0 heterocycles. The summed E-state index contributed by atoms with van der Waals surface area (Å²) >= 11 is 0. The van der Waals surface area contributed by atoms with Crippen molar-refractivity contribution >= 4 is 29.6 Å². The highest BCUT2D eigenvalue weighted by Crippen LogP contribution is 2.13. The fourth-order valence-electron chi connectivity index (χ4n) is 3.21. The number of aliphatic carboxylic acids is 1. The number of carbonyl (C=O) groups excluding carboxylic acids is 4. The molecule has 36 heavy (non-hydrogen) atoms. The zero-order valence-corrected chi connectivity index (χ0v) is 20.4. The molecule has 0 aromatic heterocycles. The van der Waals surface area contributed by atoms with E-state index >= 15 is 0 Å². The Morgan fingerprint density at radius 3 is 1.92 bits per heavy atom. The molecule has 1 rings (SSSR count). The van der Waals surface area contributed by atoms with E-state index in [-0.39, 0.29) is 25.0 Å². The van der Waals surface area contributed by atoms with Crippen LogP contribution in [0.3, 0.4) is 0 Å². The number of carboxylic acids is 1. The van der Waals surface area contributed by atoms with Gasteiger partial charge in [0.2, 0.25) is 23.6 Å². The van der Waals surface area contributed by atoms with Gasteiger partial charge < -0.3 is 42.7 Å². The number of amides is 4. The van der Waals surface area contributed by atoms with E-state index in [1.54, 1.807) is 13.8 Å². The smallest absolute Gasteiger partial charge is 0.328 e. The number of benzene rings is 1. The van der Waals surface area contributed by atoms with E-state index in [0.717, 1.165) is 0 Å². The third kappa shape index (κ3) is 9.88. The molecule has 4 amide bonds. The summed E-state index contributed by atoms with van der Waals surface area (Å²) in [4.78, 5) is 60.8. The predicted octanol–water partition coefficient (Wildman–Crippen LogP) is -1.90. The molecule has 0 aliphatic carbocycles. The van der Waals surface area contributed by atoms with Gasteiger partial charge in [-0.15, -0.1) is 0 Å². The largest absolute Gasteiger partial charge is 0.508 e. The zero-order chi connectivity index (χ0) is 27.6. The molecule has 0 radical (unpaired) electrons. The first kappa shape index (κ1) is 30.3. The first-order valence-corrected chi connectivity index (χ1v) is 11.4. The number of nitrogens with one attached hydrogen (secondary N) is 3. The van der Waals surface area contributed by atoms with Crippen LogP contribution in [0.1, 0.15) is 39.2 Å². The van der Waals surface area contributed by atoms with Crippen LogP contribution in [0.4, 0.5) is 0 Å². The maximum Gasteiger partial charge on any atom is 0.328 e. The summed E-state index contributed by atoms with van der Waals surface area (Å²) in [6, 6.07) is 0.683. The number of rotatable bonds is 14. The Morgan fingerprint density at radius 2 is 1.44 bits per heavy atom. The Hall–Kier alpha value is -3.71. The summed E-state index contributed by atoms with van der Waals surface area (Å²) in [6.45, 7) is 4.50. The number of aromatic hydroxyl groups is 1. The summed E-state index contributed by atoms with van der Waals surface area (Å²) < 4.78 is 0. The number of nitrogens with two attached hydrogens (primary N) is 2. The molecule has 0 spiro atoms. The van der Waals surface area contributed by atoms with Crippen LogP contribution < -0.4 is 27.4 Å². The monoisotopic (exact) mass is 509 g/mol. The van der Waals surface area contributed by atoms with Crippen LogP contribution in [0.25, 0.3) is 0 Å². The van der Waals surface area contributed by atoms with Crippen molar-refractivity contribution in [3.05, 3.63) is 29.8 Å². The van der Waals surface area contributed by atoms with Gasteiger partial charge in [0.25, 0.3) is 0 Å². The number of phenolic OH excluding ortho intramolecular Hbond substituents is 1. The van der Waals surface area contributed by atoms with Gasteiger partial charge in [-0.1, -0.05) is 26.0 Å². The van der Waals surface area contributed by atoms with Crippen LogP contribution in [-0.2, 0) is 30.4 Å². The molecule has 5 unspecified atom stereocenters. The standard InChI is InChI=1S/C23H35N5O8/c1-11(2)18(27-20(32)15(24)8-9-17(25)31)22(34)26-16(10-13-4-6-14(30)7-5-13)21(33)28-19(12(3)29)23(35)36/h4-7,11-12,15-16,18-19,29-30H,8-10,24H2,1-3H3,(H2,25,31)(H,26,34)(H,27,32)(H,28,33)(H,35,36). The summed E-state index contributed by atoms with van der Waals surface area (Å²) in [5, 5.41) is 35.7. The number of phenols is 1. The van der Waals surface area contributed by atoms with Gasteiger partial charge in [-0.25, -0.2) is 4.79 Å². The van der Waals surface area contributed by atoms with Crippen molar-refractivity contribution < 1.29 is 39.3 Å². The van der Waals surface area contributed by atoms with Crippen molar-refractivity contribution in [2.75, 3.05) is 0 Å².